The fourth-order valence-electron chi connectivity index (χ4n) is 0.817. The summed E-state index contributed by atoms with van der Waals surface area (Å²) in [5.74, 6) is 0.649. The van der Waals surface area contributed by atoms with E-state index in [0.29, 0.717) is 11.0 Å². The van der Waals surface area contributed by atoms with Crippen molar-refractivity contribution in [3.63, 3.8) is 0 Å². The van der Waals surface area contributed by atoms with Crippen molar-refractivity contribution in [1.29, 1.82) is 0 Å². The highest BCUT2D eigenvalue weighted by atomic mass is 35.5. The molecule has 1 N–H and O–H groups in total. The minimum Gasteiger partial charge on any atom is -0.354 e. The summed E-state index contributed by atoms with van der Waals surface area (Å²) < 4.78 is 0. The molecular weight excluding hydrogens is 206 g/mol. The summed E-state index contributed by atoms with van der Waals surface area (Å²) in [6.07, 6.45) is 4.62. The topological polar surface area (TPSA) is 37.8 Å². The summed E-state index contributed by atoms with van der Waals surface area (Å²) in [5.41, 5.74) is 0. The van der Waals surface area contributed by atoms with Crippen LogP contribution in [0.25, 0.3) is 0 Å². The average molecular weight is 218 g/mol. The number of aromatic nitrogens is 2. The molecule has 0 unspecified atom stereocenters. The third-order valence-electron chi connectivity index (χ3n) is 1.44. The zero-order chi connectivity index (χ0) is 9.68. The van der Waals surface area contributed by atoms with Crippen LogP contribution >= 0.6 is 23.4 Å². The molecule has 0 saturated carbocycles. The number of nitrogens with zero attached hydrogens (tertiary/aromatic N) is 2. The molecule has 1 heterocycles. The molecule has 0 saturated heterocycles. The van der Waals surface area contributed by atoms with Crippen LogP contribution in [0.4, 0.5) is 5.95 Å². The molecule has 13 heavy (non-hydrogen) atoms. The van der Waals surface area contributed by atoms with Crippen LogP contribution in [0.3, 0.4) is 0 Å². The third kappa shape index (κ3) is 3.04. The maximum Gasteiger partial charge on any atom is 0.223 e. The molecule has 0 atom stereocenters. The zero-order valence-electron chi connectivity index (χ0n) is 7.67. The van der Waals surface area contributed by atoms with Gasteiger partial charge in [0, 0.05) is 6.54 Å². The average Bonchev–Trinajstić information content (AvgIpc) is 2.16. The first-order valence-corrected chi connectivity index (χ1v) is 5.68. The highest BCUT2D eigenvalue weighted by molar-refractivity contribution is 7.98. The summed E-state index contributed by atoms with van der Waals surface area (Å²) in [5, 5.41) is 4.52. The van der Waals surface area contributed by atoms with Gasteiger partial charge in [-0.3, -0.25) is 0 Å². The van der Waals surface area contributed by atoms with Gasteiger partial charge in [-0.15, -0.1) is 11.8 Å². The van der Waals surface area contributed by atoms with Crippen molar-refractivity contribution >= 4 is 29.3 Å². The van der Waals surface area contributed by atoms with Crippen molar-refractivity contribution < 1.29 is 0 Å². The van der Waals surface area contributed by atoms with E-state index in [9.17, 15) is 0 Å². The Morgan fingerprint density at radius 2 is 2.38 bits per heavy atom. The third-order valence-corrected chi connectivity index (χ3v) is 2.52. The van der Waals surface area contributed by atoms with Gasteiger partial charge in [0.1, 0.15) is 5.03 Å². The first-order valence-electron chi connectivity index (χ1n) is 4.08. The van der Waals surface area contributed by atoms with E-state index in [-0.39, 0.29) is 0 Å². The van der Waals surface area contributed by atoms with E-state index < -0.39 is 0 Å². The second kappa shape index (κ2) is 5.29. The van der Waals surface area contributed by atoms with Gasteiger partial charge in [0.25, 0.3) is 0 Å². The first-order chi connectivity index (χ1) is 6.27. The van der Waals surface area contributed by atoms with Gasteiger partial charge < -0.3 is 5.32 Å². The van der Waals surface area contributed by atoms with E-state index in [4.69, 9.17) is 11.6 Å². The predicted molar refractivity (Wildman–Crippen MR) is 57.6 cm³/mol. The Hall–Kier alpha value is -0.480. The molecule has 1 rings (SSSR count). The predicted octanol–water partition coefficient (Wildman–Crippen LogP) is 2.67. The minimum atomic E-state index is 0.606. The SMILES string of the molecule is CCCNc1ncc(Cl)c(SC)n1. The van der Waals surface area contributed by atoms with Gasteiger partial charge in [-0.25, -0.2) is 9.97 Å². The Balaban J connectivity index is 2.74. The lowest BCUT2D eigenvalue weighted by molar-refractivity contribution is 0.936. The van der Waals surface area contributed by atoms with Crippen molar-refractivity contribution in [2.24, 2.45) is 0 Å². The summed E-state index contributed by atoms with van der Waals surface area (Å²) in [6.45, 7) is 2.98. The monoisotopic (exact) mass is 217 g/mol. The normalized spacial score (nSPS) is 10.1. The molecule has 3 nitrogen and oxygen atoms in total. The second-order valence-electron chi connectivity index (χ2n) is 2.48. The lowest BCUT2D eigenvalue weighted by Crippen LogP contribution is -2.04. The molecule has 1 aromatic heterocycles. The highest BCUT2D eigenvalue weighted by Crippen LogP contribution is 2.22. The van der Waals surface area contributed by atoms with Crippen LogP contribution < -0.4 is 5.32 Å². The fraction of sp³-hybridized carbons (Fsp3) is 0.500. The van der Waals surface area contributed by atoms with E-state index in [1.54, 1.807) is 6.20 Å². The molecular formula is C8H12ClN3S. The molecule has 1 aromatic rings. The number of anilines is 1. The Bertz CT molecular complexity index is 280. The number of hydrogen-bond acceptors (Lipinski definition) is 4. The first kappa shape index (κ1) is 10.6. The van der Waals surface area contributed by atoms with Gasteiger partial charge in [-0.2, -0.15) is 0 Å². The molecule has 0 fully saturated rings. The van der Waals surface area contributed by atoms with Crippen LogP contribution in [-0.2, 0) is 0 Å². The summed E-state index contributed by atoms with van der Waals surface area (Å²) >= 11 is 7.38. The highest BCUT2D eigenvalue weighted by Gasteiger charge is 2.02. The Morgan fingerprint density at radius 1 is 1.62 bits per heavy atom. The molecule has 0 aliphatic rings. The van der Waals surface area contributed by atoms with Gasteiger partial charge in [-0.05, 0) is 12.7 Å². The lowest BCUT2D eigenvalue weighted by Gasteiger charge is -2.04. The van der Waals surface area contributed by atoms with Crippen molar-refractivity contribution in [3.05, 3.63) is 11.2 Å². The van der Waals surface area contributed by atoms with E-state index in [2.05, 4.69) is 22.2 Å². The van der Waals surface area contributed by atoms with E-state index in [1.807, 2.05) is 6.26 Å². The van der Waals surface area contributed by atoms with Crippen molar-refractivity contribution in [1.82, 2.24) is 9.97 Å². The molecule has 72 valence electrons. The van der Waals surface area contributed by atoms with Crippen LogP contribution in [0.15, 0.2) is 11.2 Å². The van der Waals surface area contributed by atoms with Crippen LogP contribution in [-0.4, -0.2) is 22.8 Å². The van der Waals surface area contributed by atoms with Gasteiger partial charge >= 0.3 is 0 Å². The molecule has 5 heteroatoms. The standard InChI is InChI=1S/C8H12ClN3S/c1-3-4-10-8-11-5-6(9)7(12-8)13-2/h5H,3-4H2,1-2H3,(H,10,11,12). The smallest absolute Gasteiger partial charge is 0.223 e. The molecule has 0 aromatic carbocycles. The largest absolute Gasteiger partial charge is 0.354 e. The van der Waals surface area contributed by atoms with E-state index in [0.717, 1.165) is 18.0 Å². The lowest BCUT2D eigenvalue weighted by atomic mass is 10.5. The van der Waals surface area contributed by atoms with Crippen LogP contribution in [0.5, 0.6) is 0 Å². The maximum absolute atomic E-state index is 5.86. The van der Waals surface area contributed by atoms with Crippen LogP contribution in [0, 0.1) is 0 Å². The molecule has 0 amide bonds. The van der Waals surface area contributed by atoms with Crippen LogP contribution in [0.1, 0.15) is 13.3 Å². The number of halogens is 1. The fourth-order valence-corrected chi connectivity index (χ4v) is 1.56. The zero-order valence-corrected chi connectivity index (χ0v) is 9.24. The van der Waals surface area contributed by atoms with Crippen molar-refractivity contribution in [3.8, 4) is 0 Å². The minimum absolute atomic E-state index is 0.606. The number of nitrogens with one attached hydrogen (secondary N) is 1. The van der Waals surface area contributed by atoms with Gasteiger partial charge in [-0.1, -0.05) is 18.5 Å². The number of rotatable bonds is 4. The summed E-state index contributed by atoms with van der Waals surface area (Å²) in [6, 6.07) is 0. The summed E-state index contributed by atoms with van der Waals surface area (Å²) in [7, 11) is 0. The molecule has 0 radical (unpaired) electrons. The van der Waals surface area contributed by atoms with Crippen molar-refractivity contribution in [2.45, 2.75) is 18.4 Å². The Kier molecular flexibility index (Phi) is 4.32. The maximum atomic E-state index is 5.86. The second-order valence-corrected chi connectivity index (χ2v) is 3.68. The molecule has 0 spiro atoms. The Labute approximate surface area is 87.3 Å². The summed E-state index contributed by atoms with van der Waals surface area (Å²) in [4.78, 5) is 8.29. The molecule has 0 aliphatic carbocycles. The quantitative estimate of drug-likeness (QED) is 0.622. The Morgan fingerprint density at radius 3 is 3.00 bits per heavy atom. The van der Waals surface area contributed by atoms with Crippen molar-refractivity contribution in [2.75, 3.05) is 18.1 Å². The van der Waals surface area contributed by atoms with E-state index >= 15 is 0 Å². The van der Waals surface area contributed by atoms with E-state index in [1.165, 1.54) is 11.8 Å². The molecule has 0 aliphatic heterocycles. The molecule has 0 bridgehead atoms. The number of thioether (sulfide) groups is 1. The van der Waals surface area contributed by atoms with Gasteiger partial charge in [0.2, 0.25) is 5.95 Å². The van der Waals surface area contributed by atoms with Gasteiger partial charge in [0.05, 0.1) is 11.2 Å². The van der Waals surface area contributed by atoms with Crippen LogP contribution in [0.2, 0.25) is 5.02 Å². The van der Waals surface area contributed by atoms with Gasteiger partial charge in [0.15, 0.2) is 0 Å². The number of hydrogen-bond donors (Lipinski definition) is 1.